The van der Waals surface area contributed by atoms with Crippen LogP contribution in [0.25, 0.3) is 10.9 Å². The summed E-state index contributed by atoms with van der Waals surface area (Å²) in [6.45, 7) is -0.158. The summed E-state index contributed by atoms with van der Waals surface area (Å²) in [5.74, 6) is -0.161. The smallest absolute Gasteiger partial charge is 0.361 e. The molecule has 2 aromatic carbocycles. The summed E-state index contributed by atoms with van der Waals surface area (Å²) >= 11 is 0. The monoisotopic (exact) mass is 443 g/mol. The van der Waals surface area contributed by atoms with Crippen molar-refractivity contribution in [1.29, 1.82) is 0 Å². The Morgan fingerprint density at radius 2 is 1.58 bits per heavy atom. The van der Waals surface area contributed by atoms with Gasteiger partial charge in [-0.2, -0.15) is 31.4 Å². The van der Waals surface area contributed by atoms with Crippen molar-refractivity contribution in [2.24, 2.45) is 0 Å². The highest BCUT2D eigenvalue weighted by Gasteiger charge is 2.32. The molecule has 3 rings (SSSR count). The van der Waals surface area contributed by atoms with Crippen molar-refractivity contribution in [3.63, 3.8) is 0 Å². The molecule has 166 valence electrons. The zero-order valence-corrected chi connectivity index (χ0v) is 16.2. The van der Waals surface area contributed by atoms with Gasteiger partial charge in [0, 0.05) is 19.5 Å². The van der Waals surface area contributed by atoms with Crippen LogP contribution in [-0.2, 0) is 19.3 Å². The maximum Gasteiger partial charge on any atom is 0.416 e. The van der Waals surface area contributed by atoms with E-state index in [4.69, 9.17) is 0 Å². The van der Waals surface area contributed by atoms with Gasteiger partial charge in [-0.25, -0.2) is 0 Å². The molecular weight excluding hydrogens is 424 g/mol. The van der Waals surface area contributed by atoms with Gasteiger partial charge in [-0.15, -0.1) is 0 Å². The van der Waals surface area contributed by atoms with Crippen LogP contribution in [0.5, 0.6) is 0 Å². The van der Waals surface area contributed by atoms with Crippen molar-refractivity contribution in [3.8, 4) is 0 Å². The van der Waals surface area contributed by atoms with Crippen LogP contribution in [0.4, 0.5) is 32.2 Å². The maximum atomic E-state index is 13.2. The number of anilines is 1. The number of fused-ring (bicyclic) bond motifs is 1. The number of para-hydroxylation sites is 1. The van der Waals surface area contributed by atoms with Crippen LogP contribution in [0.3, 0.4) is 0 Å². The molecule has 1 aromatic heterocycles. The van der Waals surface area contributed by atoms with Gasteiger partial charge < -0.3 is 5.32 Å². The Bertz CT molecular complexity index is 1100. The number of nitrogens with one attached hydrogen (secondary N) is 1. The zero-order chi connectivity index (χ0) is 22.6. The summed E-state index contributed by atoms with van der Waals surface area (Å²) in [6, 6.07) is 11.4. The van der Waals surface area contributed by atoms with E-state index < -0.39 is 29.8 Å². The van der Waals surface area contributed by atoms with E-state index >= 15 is 0 Å². The molecule has 1 heterocycles. The highest BCUT2D eigenvalue weighted by Crippen LogP contribution is 2.32. The molecule has 0 saturated carbocycles. The molecule has 10 heteroatoms. The van der Waals surface area contributed by atoms with Crippen LogP contribution < -0.4 is 10.7 Å². The van der Waals surface area contributed by atoms with Gasteiger partial charge in [0.25, 0.3) is 0 Å². The third-order valence-corrected chi connectivity index (χ3v) is 4.71. The Kier molecular flexibility index (Phi) is 6.56. The summed E-state index contributed by atoms with van der Waals surface area (Å²) < 4.78 is 78.1. The van der Waals surface area contributed by atoms with Crippen LogP contribution >= 0.6 is 0 Å². The molecule has 0 radical (unpaired) electrons. The average molecular weight is 443 g/mol. The average Bonchev–Trinajstić information content (AvgIpc) is 2.70. The predicted molar refractivity (Wildman–Crippen MR) is 105 cm³/mol. The Labute approximate surface area is 173 Å². The number of hydrogen-bond donors (Lipinski definition) is 1. The normalized spacial score (nSPS) is 12.3. The van der Waals surface area contributed by atoms with Gasteiger partial charge in [-0.05, 0) is 36.6 Å². The number of rotatable bonds is 7. The quantitative estimate of drug-likeness (QED) is 0.373. The summed E-state index contributed by atoms with van der Waals surface area (Å²) in [4.78, 5) is 12.7. The van der Waals surface area contributed by atoms with Gasteiger partial charge in [0.15, 0.2) is 5.82 Å². The second-order valence-corrected chi connectivity index (χ2v) is 7.00. The number of hydrogen-bond acceptors (Lipinski definition) is 3. The topological polar surface area (TPSA) is 46.9 Å². The van der Waals surface area contributed by atoms with Gasteiger partial charge in [0.2, 0.25) is 5.43 Å². The molecule has 0 aliphatic heterocycles. The highest BCUT2D eigenvalue weighted by atomic mass is 19.4. The number of halogens is 6. The summed E-state index contributed by atoms with van der Waals surface area (Å²) in [5, 5.41) is 7.11. The first-order valence-corrected chi connectivity index (χ1v) is 9.52. The van der Waals surface area contributed by atoms with E-state index in [2.05, 4.69) is 10.4 Å². The van der Waals surface area contributed by atoms with Crippen molar-refractivity contribution >= 4 is 16.7 Å². The van der Waals surface area contributed by atoms with E-state index in [1.165, 1.54) is 22.9 Å². The maximum absolute atomic E-state index is 13.2. The van der Waals surface area contributed by atoms with Gasteiger partial charge in [0.1, 0.15) is 0 Å². The van der Waals surface area contributed by atoms with Crippen molar-refractivity contribution in [1.82, 2.24) is 9.78 Å². The minimum atomic E-state index is -4.55. The van der Waals surface area contributed by atoms with Crippen LogP contribution in [0.15, 0.2) is 53.3 Å². The Hall–Kier alpha value is -3.04. The number of aromatic nitrogens is 2. The fourth-order valence-corrected chi connectivity index (χ4v) is 3.24. The number of nitrogens with zero attached hydrogens (tertiary/aromatic N) is 2. The third-order valence-electron chi connectivity index (χ3n) is 4.71. The number of alkyl halides is 6. The van der Waals surface area contributed by atoms with E-state index in [1.54, 1.807) is 24.3 Å². The fourth-order valence-electron chi connectivity index (χ4n) is 3.24. The molecule has 31 heavy (non-hydrogen) atoms. The fraction of sp³-hybridized carbons (Fsp3) is 0.333. The van der Waals surface area contributed by atoms with Crippen molar-refractivity contribution in [3.05, 3.63) is 69.9 Å². The first-order valence-electron chi connectivity index (χ1n) is 9.52. The number of unbranched alkanes of at least 4 members (excludes halogenated alkanes) is 1. The lowest BCUT2D eigenvalue weighted by Gasteiger charge is -2.15. The molecule has 0 aliphatic carbocycles. The molecule has 0 bridgehead atoms. The first kappa shape index (κ1) is 22.6. The molecule has 0 saturated heterocycles. The molecule has 0 fully saturated rings. The molecule has 0 unspecified atom stereocenters. The minimum Gasteiger partial charge on any atom is -0.361 e. The summed E-state index contributed by atoms with van der Waals surface area (Å²) in [5.41, 5.74) is -0.927. The third kappa shape index (κ3) is 5.77. The van der Waals surface area contributed by atoms with Gasteiger partial charge in [-0.1, -0.05) is 30.3 Å². The summed E-state index contributed by atoms with van der Waals surface area (Å²) in [6.07, 6.45) is -9.65. The largest absolute Gasteiger partial charge is 0.416 e. The molecule has 0 spiro atoms. The van der Waals surface area contributed by atoms with Crippen molar-refractivity contribution in [2.75, 3.05) is 5.32 Å². The van der Waals surface area contributed by atoms with Crippen LogP contribution in [0.1, 0.15) is 30.4 Å². The lowest BCUT2D eigenvalue weighted by atomic mass is 10.1. The van der Waals surface area contributed by atoms with E-state index in [-0.39, 0.29) is 42.7 Å². The molecule has 0 amide bonds. The van der Waals surface area contributed by atoms with Gasteiger partial charge >= 0.3 is 12.4 Å². The second kappa shape index (κ2) is 8.99. The molecule has 4 nitrogen and oxygen atoms in total. The van der Waals surface area contributed by atoms with Crippen molar-refractivity contribution < 1.29 is 26.3 Å². The zero-order valence-electron chi connectivity index (χ0n) is 16.2. The van der Waals surface area contributed by atoms with Crippen LogP contribution in [0.2, 0.25) is 0 Å². The van der Waals surface area contributed by atoms with Gasteiger partial charge in [0.05, 0.1) is 16.5 Å². The molecule has 3 aromatic rings. The molecule has 0 aliphatic rings. The Balaban J connectivity index is 1.86. The highest BCUT2D eigenvalue weighted by molar-refractivity contribution is 5.80. The van der Waals surface area contributed by atoms with E-state index in [1.807, 2.05) is 0 Å². The van der Waals surface area contributed by atoms with Crippen LogP contribution in [0, 0.1) is 0 Å². The van der Waals surface area contributed by atoms with Crippen LogP contribution in [-0.4, -0.2) is 16.0 Å². The molecule has 1 N–H and O–H groups in total. The van der Waals surface area contributed by atoms with E-state index in [9.17, 15) is 31.1 Å². The second-order valence-electron chi connectivity index (χ2n) is 7.00. The Morgan fingerprint density at radius 3 is 2.29 bits per heavy atom. The standard InChI is InChI=1S/C21H19F6N3O/c22-20(23,24)11-5-6-12-30-17-10-4-2-8-15(17)18(31)19(29-30)28-13-14-7-1-3-9-16(14)21(25,26)27/h1-4,7-10H,5-6,11-13H2,(H,28,29). The lowest BCUT2D eigenvalue weighted by Crippen LogP contribution is -2.21. The number of benzene rings is 2. The van der Waals surface area contributed by atoms with Gasteiger partial charge in [-0.3, -0.25) is 9.48 Å². The first-order chi connectivity index (χ1) is 14.6. The molecular formula is C21H19F6N3O. The van der Waals surface area contributed by atoms with Crippen molar-refractivity contribution in [2.45, 2.75) is 44.7 Å². The van der Waals surface area contributed by atoms with E-state index in [0.29, 0.717) is 5.52 Å². The Morgan fingerprint density at radius 1 is 0.903 bits per heavy atom. The summed E-state index contributed by atoms with van der Waals surface area (Å²) in [7, 11) is 0. The van der Waals surface area contributed by atoms with E-state index in [0.717, 1.165) is 6.07 Å². The SMILES string of the molecule is O=c1c(NCc2ccccc2C(F)(F)F)nn(CCCCC(F)(F)F)c2ccccc12. The predicted octanol–water partition coefficient (Wildman–Crippen LogP) is 5.76. The molecule has 0 atom stereocenters. The lowest BCUT2D eigenvalue weighted by molar-refractivity contribution is -0.138. The minimum absolute atomic E-state index is 0.0546. The number of aryl methyl sites for hydroxylation is 1.